The van der Waals surface area contributed by atoms with Gasteiger partial charge in [-0.05, 0) is 55.8 Å². The van der Waals surface area contributed by atoms with Gasteiger partial charge in [0.25, 0.3) is 5.91 Å². The zero-order valence-electron chi connectivity index (χ0n) is 17.7. The lowest BCUT2D eigenvalue weighted by molar-refractivity contribution is -0.144. The third-order valence-corrected chi connectivity index (χ3v) is 4.78. The number of carbonyl (C=O) groups is 2. The number of hydrogen-bond donors (Lipinski definition) is 1. The Bertz CT molecular complexity index is 986. The summed E-state index contributed by atoms with van der Waals surface area (Å²) in [6, 6.07) is 20.4. The van der Waals surface area contributed by atoms with Crippen LogP contribution in [0.1, 0.15) is 35.7 Å². The summed E-state index contributed by atoms with van der Waals surface area (Å²) in [4.78, 5) is 28.4. The first kappa shape index (κ1) is 22.0. The Morgan fingerprint density at radius 3 is 2.39 bits per heavy atom. The van der Waals surface area contributed by atoms with E-state index in [1.165, 1.54) is 0 Å². The highest BCUT2D eigenvalue weighted by Gasteiger charge is 2.16. The summed E-state index contributed by atoms with van der Waals surface area (Å²) in [7, 11) is 0. The summed E-state index contributed by atoms with van der Waals surface area (Å²) in [5.74, 6) is -0.0483. The van der Waals surface area contributed by atoms with Crippen LogP contribution in [0.2, 0.25) is 0 Å². The molecule has 1 amide bonds. The van der Waals surface area contributed by atoms with E-state index in [0.717, 1.165) is 16.8 Å². The van der Waals surface area contributed by atoms with Crippen LogP contribution in [0.4, 0.5) is 0 Å². The molecule has 1 atom stereocenters. The third kappa shape index (κ3) is 6.15. The minimum absolute atomic E-state index is 0.158. The highest BCUT2D eigenvalue weighted by atomic mass is 16.5. The van der Waals surface area contributed by atoms with Gasteiger partial charge in [0.1, 0.15) is 12.4 Å². The minimum Gasteiger partial charge on any atom is -0.492 e. The predicted molar refractivity (Wildman–Crippen MR) is 119 cm³/mol. The normalized spacial score (nSPS) is 11.4. The minimum atomic E-state index is -0.322. The number of aromatic nitrogens is 1. The zero-order valence-corrected chi connectivity index (χ0v) is 17.7. The monoisotopic (exact) mass is 418 g/mol. The average Bonchev–Trinajstić information content (AvgIpc) is 2.82. The van der Waals surface area contributed by atoms with E-state index in [9.17, 15) is 9.59 Å². The number of esters is 1. The van der Waals surface area contributed by atoms with Crippen LogP contribution in [-0.4, -0.2) is 36.6 Å². The third-order valence-electron chi connectivity index (χ3n) is 4.78. The van der Waals surface area contributed by atoms with Gasteiger partial charge in [-0.2, -0.15) is 0 Å². The molecule has 1 unspecified atom stereocenters. The zero-order chi connectivity index (χ0) is 22.1. The Morgan fingerprint density at radius 2 is 1.74 bits per heavy atom. The highest BCUT2D eigenvalue weighted by Crippen LogP contribution is 2.20. The van der Waals surface area contributed by atoms with E-state index in [0.29, 0.717) is 31.1 Å². The van der Waals surface area contributed by atoms with E-state index in [4.69, 9.17) is 9.47 Å². The molecule has 31 heavy (non-hydrogen) atoms. The van der Waals surface area contributed by atoms with E-state index >= 15 is 0 Å². The van der Waals surface area contributed by atoms with Gasteiger partial charge in [0, 0.05) is 17.3 Å². The van der Waals surface area contributed by atoms with Crippen molar-refractivity contribution in [3.63, 3.8) is 0 Å². The predicted octanol–water partition coefficient (Wildman–Crippen LogP) is 4.22. The van der Waals surface area contributed by atoms with Crippen LogP contribution in [0.5, 0.6) is 5.75 Å². The number of carbonyl (C=O) groups excluding carboxylic acids is 2. The lowest BCUT2D eigenvalue weighted by atomic mass is 10.0. The van der Waals surface area contributed by atoms with Crippen LogP contribution in [0, 0.1) is 0 Å². The molecule has 0 aliphatic heterocycles. The van der Waals surface area contributed by atoms with Crippen LogP contribution < -0.4 is 10.1 Å². The Morgan fingerprint density at radius 1 is 1.00 bits per heavy atom. The van der Waals surface area contributed by atoms with Crippen LogP contribution in [0.15, 0.2) is 72.9 Å². The second kappa shape index (κ2) is 10.9. The molecule has 3 rings (SSSR count). The summed E-state index contributed by atoms with van der Waals surface area (Å²) in [5.41, 5.74) is 3.27. The second-order valence-corrected chi connectivity index (χ2v) is 6.94. The van der Waals surface area contributed by atoms with Crippen LogP contribution in [0.3, 0.4) is 0 Å². The molecule has 0 bridgehead atoms. The average molecular weight is 418 g/mol. The van der Waals surface area contributed by atoms with E-state index in [-0.39, 0.29) is 17.8 Å². The van der Waals surface area contributed by atoms with Crippen LogP contribution >= 0.6 is 0 Å². The first-order valence-corrected chi connectivity index (χ1v) is 10.3. The number of nitrogens with zero attached hydrogens (tertiary/aromatic N) is 1. The molecule has 1 heterocycles. The lowest BCUT2D eigenvalue weighted by Gasteiger charge is -2.12. The van der Waals surface area contributed by atoms with Crippen molar-refractivity contribution in [1.82, 2.24) is 10.3 Å². The Balaban J connectivity index is 1.44. The SMILES string of the molecule is CCOC(=O)C(C)c1ccc(OCCNC(=O)c2ccc(-c3ccccn3)cc2)cc1. The van der Waals surface area contributed by atoms with Crippen LogP contribution in [-0.2, 0) is 9.53 Å². The Kier molecular flexibility index (Phi) is 7.76. The summed E-state index contributed by atoms with van der Waals surface area (Å²) in [6.07, 6.45) is 1.74. The van der Waals surface area contributed by atoms with Gasteiger partial charge >= 0.3 is 5.97 Å². The fourth-order valence-electron chi connectivity index (χ4n) is 3.02. The molecule has 1 N–H and O–H groups in total. The number of benzene rings is 2. The molecule has 6 nitrogen and oxygen atoms in total. The molecule has 0 spiro atoms. The summed E-state index contributed by atoms with van der Waals surface area (Å²) >= 11 is 0. The maximum Gasteiger partial charge on any atom is 0.313 e. The molecule has 0 radical (unpaired) electrons. The largest absolute Gasteiger partial charge is 0.492 e. The summed E-state index contributed by atoms with van der Waals surface area (Å²) in [5, 5.41) is 2.85. The molecule has 0 aliphatic rings. The lowest BCUT2D eigenvalue weighted by Crippen LogP contribution is -2.28. The summed E-state index contributed by atoms with van der Waals surface area (Å²) < 4.78 is 10.7. The van der Waals surface area contributed by atoms with Gasteiger partial charge in [0.2, 0.25) is 0 Å². The van der Waals surface area contributed by atoms with Gasteiger partial charge in [-0.15, -0.1) is 0 Å². The Labute approximate surface area is 182 Å². The van der Waals surface area contributed by atoms with E-state index < -0.39 is 0 Å². The maximum absolute atomic E-state index is 12.3. The standard InChI is InChI=1S/C25H26N2O4/c1-3-30-25(29)18(2)19-11-13-22(14-12-19)31-17-16-27-24(28)21-9-7-20(8-10-21)23-6-4-5-15-26-23/h4-15,18H,3,16-17H2,1-2H3,(H,27,28). The van der Waals surface area contributed by atoms with E-state index in [2.05, 4.69) is 10.3 Å². The van der Waals surface area contributed by atoms with Crippen molar-refractivity contribution in [3.05, 3.63) is 84.1 Å². The van der Waals surface area contributed by atoms with Crippen molar-refractivity contribution in [2.45, 2.75) is 19.8 Å². The van der Waals surface area contributed by atoms with Crippen molar-refractivity contribution in [2.24, 2.45) is 0 Å². The smallest absolute Gasteiger partial charge is 0.313 e. The molecular weight excluding hydrogens is 392 g/mol. The molecule has 6 heteroatoms. The Hall–Kier alpha value is -3.67. The molecule has 1 aromatic heterocycles. The second-order valence-electron chi connectivity index (χ2n) is 6.94. The molecule has 2 aromatic carbocycles. The number of rotatable bonds is 9. The molecule has 3 aromatic rings. The first-order valence-electron chi connectivity index (χ1n) is 10.3. The molecule has 0 aliphatic carbocycles. The van der Waals surface area contributed by atoms with Gasteiger partial charge in [-0.3, -0.25) is 14.6 Å². The maximum atomic E-state index is 12.3. The number of pyridine rings is 1. The van der Waals surface area contributed by atoms with Crippen LogP contribution in [0.25, 0.3) is 11.3 Å². The molecule has 0 fully saturated rings. The number of ether oxygens (including phenoxy) is 2. The fourth-order valence-corrected chi connectivity index (χ4v) is 3.02. The van der Waals surface area contributed by atoms with Gasteiger partial charge in [0.15, 0.2) is 0 Å². The molecule has 0 saturated heterocycles. The van der Waals surface area contributed by atoms with Crippen molar-refractivity contribution in [2.75, 3.05) is 19.8 Å². The quantitative estimate of drug-likeness (QED) is 0.416. The summed E-state index contributed by atoms with van der Waals surface area (Å²) in [6.45, 7) is 4.68. The topological polar surface area (TPSA) is 77.5 Å². The number of amides is 1. The van der Waals surface area contributed by atoms with Crippen molar-refractivity contribution < 1.29 is 19.1 Å². The first-order chi connectivity index (χ1) is 15.1. The number of hydrogen-bond acceptors (Lipinski definition) is 5. The molecule has 160 valence electrons. The molecular formula is C25H26N2O4. The van der Waals surface area contributed by atoms with E-state index in [1.807, 2.05) is 61.5 Å². The van der Waals surface area contributed by atoms with Gasteiger partial charge < -0.3 is 14.8 Å². The highest BCUT2D eigenvalue weighted by molar-refractivity contribution is 5.94. The van der Waals surface area contributed by atoms with Gasteiger partial charge in [-0.1, -0.05) is 30.3 Å². The van der Waals surface area contributed by atoms with Crippen molar-refractivity contribution in [1.29, 1.82) is 0 Å². The van der Waals surface area contributed by atoms with E-state index in [1.54, 1.807) is 25.3 Å². The van der Waals surface area contributed by atoms with Gasteiger partial charge in [0.05, 0.1) is 24.8 Å². The van der Waals surface area contributed by atoms with Crippen molar-refractivity contribution in [3.8, 4) is 17.0 Å². The van der Waals surface area contributed by atoms with Crippen molar-refractivity contribution >= 4 is 11.9 Å². The number of nitrogens with one attached hydrogen (secondary N) is 1. The van der Waals surface area contributed by atoms with Gasteiger partial charge in [-0.25, -0.2) is 0 Å². The fraction of sp³-hybridized carbons (Fsp3) is 0.240. The molecule has 0 saturated carbocycles.